The van der Waals surface area contributed by atoms with E-state index < -0.39 is 6.00 Å². The fraction of sp³-hybridized carbons (Fsp3) is 0.333. The van der Waals surface area contributed by atoms with Gasteiger partial charge in [0.25, 0.3) is 0 Å². The zero-order chi connectivity index (χ0) is 8.32. The Morgan fingerprint density at radius 2 is 1.64 bits per heavy atom. The first-order chi connectivity index (χ1) is 5.08. The highest BCUT2D eigenvalue weighted by Gasteiger charge is 2.24. The third-order valence-electron chi connectivity index (χ3n) is 1.32. The van der Waals surface area contributed by atoms with Gasteiger partial charge in [-0.15, -0.1) is 33.2 Å². The van der Waals surface area contributed by atoms with Crippen molar-refractivity contribution in [2.24, 2.45) is 0 Å². The summed E-state index contributed by atoms with van der Waals surface area (Å²) in [5.74, 6) is 1.03. The predicted molar refractivity (Wildman–Crippen MR) is 60.3 cm³/mol. The first-order valence-corrected chi connectivity index (χ1v) is 10.2. The van der Waals surface area contributed by atoms with Crippen LogP contribution in [0, 0.1) is 0 Å². The fourth-order valence-corrected chi connectivity index (χ4v) is 6.14. The molecule has 0 radical (unpaired) electrons. The van der Waals surface area contributed by atoms with E-state index in [1.54, 1.807) is 0 Å². The minimum Gasteiger partial charge on any atom is -0.213 e. The van der Waals surface area contributed by atoms with Crippen molar-refractivity contribution in [1.82, 2.24) is 0 Å². The van der Waals surface area contributed by atoms with Gasteiger partial charge >= 0.3 is 6.00 Å². The van der Waals surface area contributed by atoms with Crippen molar-refractivity contribution >= 4 is 50.1 Å². The molecule has 5 heteroatoms. The molecule has 1 heterocycles. The monoisotopic (exact) mass is 246 g/mol. The van der Waals surface area contributed by atoms with Crippen LogP contribution in [0.15, 0.2) is 23.0 Å². The number of thiol groups is 1. The SMILES string of the molecule is Cl[Si](Cl)(Cl)CC[SH]1C=CC=C1. The molecule has 11 heavy (non-hydrogen) atoms. The maximum absolute atomic E-state index is 5.74. The van der Waals surface area contributed by atoms with Crippen LogP contribution in [-0.2, 0) is 0 Å². The van der Waals surface area contributed by atoms with Crippen LogP contribution in [0.1, 0.15) is 0 Å². The van der Waals surface area contributed by atoms with Crippen LogP contribution in [0.5, 0.6) is 0 Å². The van der Waals surface area contributed by atoms with Gasteiger partial charge in [0.15, 0.2) is 0 Å². The summed E-state index contributed by atoms with van der Waals surface area (Å²) in [7, 11) is -0.0892. The zero-order valence-corrected chi connectivity index (χ0v) is 9.97. The Labute approximate surface area is 84.7 Å². The molecule has 1 aliphatic rings. The molecule has 0 atom stereocenters. The minimum atomic E-state index is -2.36. The number of hydrogen-bond acceptors (Lipinski definition) is 0. The summed E-state index contributed by atoms with van der Waals surface area (Å²) in [4.78, 5) is 0. The van der Waals surface area contributed by atoms with Crippen LogP contribution < -0.4 is 0 Å². The van der Waals surface area contributed by atoms with E-state index >= 15 is 0 Å². The average molecular weight is 248 g/mol. The molecule has 1 aliphatic heterocycles. The van der Waals surface area contributed by atoms with Gasteiger partial charge in [0.05, 0.1) is 0 Å². The van der Waals surface area contributed by atoms with Crippen LogP contribution in [0.2, 0.25) is 6.04 Å². The van der Waals surface area contributed by atoms with Gasteiger partial charge in [-0.25, -0.2) is 10.9 Å². The van der Waals surface area contributed by atoms with E-state index in [-0.39, 0.29) is 10.9 Å². The summed E-state index contributed by atoms with van der Waals surface area (Å²) in [6.45, 7) is 0. The van der Waals surface area contributed by atoms with Gasteiger partial charge in [-0.05, 0) is 22.6 Å². The molecule has 0 nitrogen and oxygen atoms in total. The average Bonchev–Trinajstić information content (AvgIpc) is 2.32. The molecule has 0 aliphatic carbocycles. The topological polar surface area (TPSA) is 0 Å². The Hall–Kier alpha value is 0.917. The molecule has 0 aromatic heterocycles. The van der Waals surface area contributed by atoms with E-state index in [1.165, 1.54) is 0 Å². The summed E-state index contributed by atoms with van der Waals surface area (Å²) in [5.41, 5.74) is 0. The number of halogens is 3. The van der Waals surface area contributed by atoms with E-state index in [9.17, 15) is 0 Å². The third kappa shape index (κ3) is 4.48. The van der Waals surface area contributed by atoms with Crippen LogP contribution in [0.25, 0.3) is 0 Å². The Balaban J connectivity index is 2.23. The van der Waals surface area contributed by atoms with E-state index in [0.29, 0.717) is 0 Å². The second kappa shape index (κ2) is 4.24. The first-order valence-electron chi connectivity index (χ1n) is 3.25. The summed E-state index contributed by atoms with van der Waals surface area (Å²) in [6, 6.07) is -1.58. The van der Waals surface area contributed by atoms with Crippen molar-refractivity contribution in [3.05, 3.63) is 23.0 Å². The second-order valence-corrected chi connectivity index (χ2v) is 13.6. The molecule has 0 saturated heterocycles. The molecule has 0 saturated carbocycles. The van der Waals surface area contributed by atoms with Crippen molar-refractivity contribution in [2.45, 2.75) is 6.04 Å². The highest BCUT2D eigenvalue weighted by Crippen LogP contribution is 2.37. The molecule has 0 N–H and O–H groups in total. The lowest BCUT2D eigenvalue weighted by atomic mass is 10.6. The molecule has 0 aromatic rings. The van der Waals surface area contributed by atoms with Gasteiger partial charge in [-0.2, -0.15) is 0 Å². The van der Waals surface area contributed by atoms with Crippen LogP contribution in [0.4, 0.5) is 0 Å². The van der Waals surface area contributed by atoms with Crippen molar-refractivity contribution in [3.8, 4) is 0 Å². The van der Waals surface area contributed by atoms with E-state index in [1.807, 2.05) is 0 Å². The quantitative estimate of drug-likeness (QED) is 0.439. The van der Waals surface area contributed by atoms with E-state index in [4.69, 9.17) is 33.2 Å². The van der Waals surface area contributed by atoms with Gasteiger partial charge in [0.1, 0.15) is 0 Å². The first kappa shape index (κ1) is 10.0. The molecule has 1 rings (SSSR count). The van der Waals surface area contributed by atoms with Gasteiger partial charge < -0.3 is 0 Å². The lowest BCUT2D eigenvalue weighted by molar-refractivity contribution is 1.48. The molecule has 0 spiro atoms. The fourth-order valence-electron chi connectivity index (χ4n) is 0.775. The van der Waals surface area contributed by atoms with Crippen molar-refractivity contribution in [1.29, 1.82) is 0 Å². The summed E-state index contributed by atoms with van der Waals surface area (Å²) < 4.78 is 0. The highest BCUT2D eigenvalue weighted by atomic mass is 35.8. The summed E-state index contributed by atoms with van der Waals surface area (Å²) >= 11 is 17.2. The van der Waals surface area contributed by atoms with Gasteiger partial charge in [-0.1, -0.05) is 12.2 Å². The van der Waals surface area contributed by atoms with E-state index in [2.05, 4.69) is 23.0 Å². The Kier molecular flexibility index (Phi) is 3.85. The second-order valence-electron chi connectivity index (χ2n) is 2.29. The smallest absolute Gasteiger partial charge is 0.213 e. The minimum absolute atomic E-state index is 0.0892. The number of rotatable bonds is 3. The molecule has 64 valence electrons. The maximum Gasteiger partial charge on any atom is 0.342 e. The van der Waals surface area contributed by atoms with Crippen LogP contribution in [0.3, 0.4) is 0 Å². The summed E-state index contributed by atoms with van der Waals surface area (Å²) in [5, 5.41) is 4.39. The van der Waals surface area contributed by atoms with Gasteiger partial charge in [-0.3, -0.25) is 0 Å². The molecule has 0 amide bonds. The van der Waals surface area contributed by atoms with Gasteiger partial charge in [0, 0.05) is 0 Å². The number of allylic oxidation sites excluding steroid dienone is 2. The standard InChI is InChI=1S/C6H9Cl3SSi/c7-11(8,9)6-5-10-3-1-2-4-10/h1-4,10H,5-6H2. The lowest BCUT2D eigenvalue weighted by Gasteiger charge is -2.12. The Bertz CT molecular complexity index is 173. The third-order valence-corrected chi connectivity index (χ3v) is 6.11. The van der Waals surface area contributed by atoms with Crippen molar-refractivity contribution < 1.29 is 0 Å². The van der Waals surface area contributed by atoms with Crippen LogP contribution >= 0.6 is 44.1 Å². The van der Waals surface area contributed by atoms with Gasteiger partial charge in [0.2, 0.25) is 0 Å². The Morgan fingerprint density at radius 1 is 1.09 bits per heavy atom. The zero-order valence-electron chi connectivity index (χ0n) is 5.80. The molecule has 0 aromatic carbocycles. The molecule has 0 fully saturated rings. The lowest BCUT2D eigenvalue weighted by Crippen LogP contribution is -2.10. The molecular formula is C6H9Cl3SSi. The molecule has 0 bridgehead atoms. The van der Waals surface area contributed by atoms with Crippen molar-refractivity contribution in [3.63, 3.8) is 0 Å². The molecular weight excluding hydrogens is 239 g/mol. The summed E-state index contributed by atoms with van der Waals surface area (Å²) in [6.07, 6.45) is 4.12. The maximum atomic E-state index is 5.74. The normalized spacial score (nSPS) is 19.7. The molecule has 0 unspecified atom stereocenters. The van der Waals surface area contributed by atoms with Crippen molar-refractivity contribution in [2.75, 3.05) is 5.75 Å². The number of hydrogen-bond donors (Lipinski definition) is 1. The van der Waals surface area contributed by atoms with Crippen LogP contribution in [-0.4, -0.2) is 11.8 Å². The largest absolute Gasteiger partial charge is 0.342 e. The predicted octanol–water partition coefficient (Wildman–Crippen LogP) is 3.68. The highest BCUT2D eigenvalue weighted by molar-refractivity contribution is 8.22. The Morgan fingerprint density at radius 3 is 2.09 bits per heavy atom. The van der Waals surface area contributed by atoms with E-state index in [0.717, 1.165) is 11.8 Å².